The van der Waals surface area contributed by atoms with Gasteiger partial charge in [0, 0.05) is 23.3 Å². The minimum Gasteiger partial charge on any atom is -0.490 e. The molecule has 0 unspecified atom stereocenters. The summed E-state index contributed by atoms with van der Waals surface area (Å²) in [5.74, 6) is 0.413. The number of anilines is 1. The summed E-state index contributed by atoms with van der Waals surface area (Å²) >= 11 is 0. The van der Waals surface area contributed by atoms with Crippen LogP contribution in [0.3, 0.4) is 0 Å². The third-order valence-corrected chi connectivity index (χ3v) is 6.79. The molecule has 5 rings (SSSR count). The highest BCUT2D eigenvalue weighted by molar-refractivity contribution is 6.04. The van der Waals surface area contributed by atoms with Gasteiger partial charge in [-0.1, -0.05) is 24.3 Å². The van der Waals surface area contributed by atoms with Crippen molar-refractivity contribution in [3.8, 4) is 16.9 Å². The Kier molecular flexibility index (Phi) is 5.66. The van der Waals surface area contributed by atoms with E-state index in [0.717, 1.165) is 35.4 Å². The maximum atomic E-state index is 13.1. The van der Waals surface area contributed by atoms with Gasteiger partial charge in [0.25, 0.3) is 5.91 Å². The fourth-order valence-corrected chi connectivity index (χ4v) is 4.93. The zero-order valence-corrected chi connectivity index (χ0v) is 18.1. The number of benzene rings is 3. The Morgan fingerprint density at radius 2 is 1.44 bits per heavy atom. The van der Waals surface area contributed by atoms with E-state index < -0.39 is 0 Å². The third kappa shape index (κ3) is 4.39. The SMILES string of the molecule is CN1[C@@H]2CC[C@H]1C[C@@H](Oc1ccc(NC(=O)c3ccc(-c4ccc(F)cc4)cc3)cc1)C2. The summed E-state index contributed by atoms with van der Waals surface area (Å²) in [7, 11) is 2.23. The number of ether oxygens (including phenoxy) is 1. The van der Waals surface area contributed by atoms with Gasteiger partial charge in [0.2, 0.25) is 0 Å². The number of halogens is 1. The summed E-state index contributed by atoms with van der Waals surface area (Å²) < 4.78 is 19.3. The highest BCUT2D eigenvalue weighted by Gasteiger charge is 2.39. The first-order valence-corrected chi connectivity index (χ1v) is 11.2. The summed E-state index contributed by atoms with van der Waals surface area (Å²) in [6.45, 7) is 0. The molecule has 1 amide bonds. The number of hydrogen-bond donors (Lipinski definition) is 1. The Balaban J connectivity index is 1.18. The van der Waals surface area contributed by atoms with Crippen LogP contribution in [0.4, 0.5) is 10.1 Å². The number of nitrogens with zero attached hydrogens (tertiary/aromatic N) is 1. The highest BCUT2D eigenvalue weighted by atomic mass is 19.1. The smallest absolute Gasteiger partial charge is 0.255 e. The molecule has 3 aromatic rings. The fraction of sp³-hybridized carbons (Fsp3) is 0.296. The van der Waals surface area contributed by atoms with Gasteiger partial charge in [-0.25, -0.2) is 4.39 Å². The van der Waals surface area contributed by atoms with Gasteiger partial charge < -0.3 is 15.0 Å². The first kappa shape index (κ1) is 20.7. The molecule has 3 aromatic carbocycles. The normalized spacial score (nSPS) is 22.5. The largest absolute Gasteiger partial charge is 0.490 e. The molecule has 5 heteroatoms. The van der Waals surface area contributed by atoms with E-state index in [1.807, 2.05) is 36.4 Å². The number of rotatable bonds is 5. The second-order valence-electron chi connectivity index (χ2n) is 8.82. The first-order valence-electron chi connectivity index (χ1n) is 11.2. The second-order valence-corrected chi connectivity index (χ2v) is 8.82. The van der Waals surface area contributed by atoms with Gasteiger partial charge in [0.1, 0.15) is 17.7 Å². The Bertz CT molecular complexity index is 1070. The van der Waals surface area contributed by atoms with Gasteiger partial charge in [0.05, 0.1) is 0 Å². The maximum absolute atomic E-state index is 13.1. The Hall–Kier alpha value is -3.18. The van der Waals surface area contributed by atoms with Crippen molar-refractivity contribution in [2.24, 2.45) is 0 Å². The van der Waals surface area contributed by atoms with Crippen molar-refractivity contribution < 1.29 is 13.9 Å². The minimum absolute atomic E-state index is 0.170. The minimum atomic E-state index is -0.264. The van der Waals surface area contributed by atoms with Crippen LogP contribution >= 0.6 is 0 Å². The van der Waals surface area contributed by atoms with E-state index in [-0.39, 0.29) is 17.8 Å². The molecule has 0 saturated carbocycles. The van der Waals surface area contributed by atoms with Crippen LogP contribution < -0.4 is 10.1 Å². The quantitative estimate of drug-likeness (QED) is 0.560. The van der Waals surface area contributed by atoms with Crippen LogP contribution in [0.25, 0.3) is 11.1 Å². The molecular formula is C27H27FN2O2. The second kappa shape index (κ2) is 8.75. The molecule has 2 saturated heterocycles. The predicted octanol–water partition coefficient (Wildman–Crippen LogP) is 5.75. The van der Waals surface area contributed by atoms with Gasteiger partial charge in [0.15, 0.2) is 0 Å². The van der Waals surface area contributed by atoms with Crippen LogP contribution in [0.2, 0.25) is 0 Å². The van der Waals surface area contributed by atoms with Crippen molar-refractivity contribution in [3.63, 3.8) is 0 Å². The van der Waals surface area contributed by atoms with Crippen molar-refractivity contribution in [1.82, 2.24) is 4.90 Å². The van der Waals surface area contributed by atoms with Crippen molar-refractivity contribution >= 4 is 11.6 Å². The molecule has 0 radical (unpaired) electrons. The lowest BCUT2D eigenvalue weighted by Gasteiger charge is -2.36. The van der Waals surface area contributed by atoms with E-state index in [2.05, 4.69) is 17.3 Å². The van der Waals surface area contributed by atoms with Crippen LogP contribution in [0.1, 0.15) is 36.0 Å². The molecule has 0 spiro atoms. The molecule has 2 aliphatic heterocycles. The summed E-state index contributed by atoms with van der Waals surface area (Å²) in [6, 6.07) is 22.5. The maximum Gasteiger partial charge on any atom is 0.255 e. The van der Waals surface area contributed by atoms with E-state index in [4.69, 9.17) is 4.74 Å². The lowest BCUT2D eigenvalue weighted by molar-refractivity contribution is 0.0662. The van der Waals surface area contributed by atoms with Crippen LogP contribution in [-0.4, -0.2) is 36.0 Å². The molecule has 4 nitrogen and oxygen atoms in total. The monoisotopic (exact) mass is 430 g/mol. The average Bonchev–Trinajstić information content (AvgIpc) is 3.01. The number of amides is 1. The molecule has 0 aromatic heterocycles. The lowest BCUT2D eigenvalue weighted by atomic mass is 10.0. The van der Waals surface area contributed by atoms with E-state index in [1.54, 1.807) is 24.3 Å². The number of hydrogen-bond acceptors (Lipinski definition) is 3. The fourth-order valence-electron chi connectivity index (χ4n) is 4.93. The molecule has 2 aliphatic rings. The molecule has 2 fully saturated rings. The molecule has 1 N–H and O–H groups in total. The van der Waals surface area contributed by atoms with Crippen LogP contribution in [0.15, 0.2) is 72.8 Å². The van der Waals surface area contributed by atoms with Crippen LogP contribution in [-0.2, 0) is 0 Å². The Morgan fingerprint density at radius 1 is 0.875 bits per heavy atom. The van der Waals surface area contributed by atoms with Crippen molar-refractivity contribution in [2.45, 2.75) is 43.9 Å². The van der Waals surface area contributed by atoms with Crippen molar-refractivity contribution in [1.29, 1.82) is 0 Å². The van der Waals surface area contributed by atoms with E-state index in [1.165, 1.54) is 25.0 Å². The summed E-state index contributed by atoms with van der Waals surface area (Å²) in [6.07, 6.45) is 4.98. The predicted molar refractivity (Wildman–Crippen MR) is 124 cm³/mol. The number of piperidine rings is 1. The van der Waals surface area contributed by atoms with E-state index >= 15 is 0 Å². The van der Waals surface area contributed by atoms with E-state index in [9.17, 15) is 9.18 Å². The van der Waals surface area contributed by atoms with Crippen molar-refractivity contribution in [2.75, 3.05) is 12.4 Å². The number of carbonyl (C=O) groups excluding carboxylic acids is 1. The van der Waals surface area contributed by atoms with Crippen molar-refractivity contribution in [3.05, 3.63) is 84.2 Å². The van der Waals surface area contributed by atoms with Gasteiger partial charge in [-0.15, -0.1) is 0 Å². The number of nitrogens with one attached hydrogen (secondary N) is 1. The van der Waals surface area contributed by atoms with E-state index in [0.29, 0.717) is 17.6 Å². The molecule has 0 aliphatic carbocycles. The van der Waals surface area contributed by atoms with Gasteiger partial charge in [-0.2, -0.15) is 0 Å². The number of carbonyl (C=O) groups is 1. The summed E-state index contributed by atoms with van der Waals surface area (Å²) in [5.41, 5.74) is 3.14. The average molecular weight is 431 g/mol. The molecule has 164 valence electrons. The first-order chi connectivity index (χ1) is 15.5. The van der Waals surface area contributed by atoms with Gasteiger partial charge >= 0.3 is 0 Å². The highest BCUT2D eigenvalue weighted by Crippen LogP contribution is 2.36. The molecule has 3 atom stereocenters. The Morgan fingerprint density at radius 3 is 2.03 bits per heavy atom. The summed E-state index contributed by atoms with van der Waals surface area (Å²) in [5, 5.41) is 2.93. The summed E-state index contributed by atoms with van der Waals surface area (Å²) in [4.78, 5) is 15.1. The number of fused-ring (bicyclic) bond motifs is 2. The lowest BCUT2D eigenvalue weighted by Crippen LogP contribution is -2.43. The topological polar surface area (TPSA) is 41.6 Å². The molecule has 2 heterocycles. The zero-order chi connectivity index (χ0) is 22.1. The van der Waals surface area contributed by atoms with Gasteiger partial charge in [-0.3, -0.25) is 4.79 Å². The zero-order valence-electron chi connectivity index (χ0n) is 18.1. The third-order valence-electron chi connectivity index (χ3n) is 6.79. The van der Waals surface area contributed by atoms with Crippen LogP contribution in [0, 0.1) is 5.82 Å². The van der Waals surface area contributed by atoms with Crippen LogP contribution in [0.5, 0.6) is 5.75 Å². The Labute approximate surface area is 188 Å². The van der Waals surface area contributed by atoms with Gasteiger partial charge in [-0.05, 0) is 92.4 Å². The molecule has 32 heavy (non-hydrogen) atoms. The molecule has 2 bridgehead atoms. The standard InChI is InChI=1S/C27H27FN2O2/c1-30-23-12-13-24(30)17-26(16-23)32-25-14-10-22(11-15-25)29-27(31)20-4-2-18(3-5-20)19-6-8-21(28)9-7-19/h2-11,14-15,23-24,26H,12-13,16-17H2,1H3,(H,29,31)/t23-,24+,26+. The molecular weight excluding hydrogens is 403 g/mol.